The van der Waals surface area contributed by atoms with E-state index in [0.717, 1.165) is 0 Å². The van der Waals surface area contributed by atoms with Crippen LogP contribution in [0.2, 0.25) is 0 Å². The molecule has 0 spiro atoms. The zero-order chi connectivity index (χ0) is 16.4. The minimum absolute atomic E-state index is 0.0560. The maximum atomic E-state index is 12.5. The molecule has 2 saturated heterocycles. The molecule has 1 N–H and O–H groups in total. The first-order chi connectivity index (χ1) is 11.1. The van der Waals surface area contributed by atoms with Crippen LogP contribution < -0.4 is 10.1 Å². The van der Waals surface area contributed by atoms with Gasteiger partial charge in [-0.3, -0.25) is 14.5 Å². The van der Waals surface area contributed by atoms with Gasteiger partial charge in [-0.05, 0) is 31.0 Å². The Labute approximate surface area is 134 Å². The summed E-state index contributed by atoms with van der Waals surface area (Å²) in [7, 11) is 1.56. The summed E-state index contributed by atoms with van der Waals surface area (Å²) in [6, 6.07) is 6.60. The predicted molar refractivity (Wildman–Crippen MR) is 82.2 cm³/mol. The largest absolute Gasteiger partial charge is 0.497 e. The Morgan fingerprint density at radius 1 is 1.26 bits per heavy atom. The van der Waals surface area contributed by atoms with Gasteiger partial charge in [0.1, 0.15) is 5.75 Å². The molecule has 7 heteroatoms. The summed E-state index contributed by atoms with van der Waals surface area (Å²) in [5.41, 5.74) is 0.581. The van der Waals surface area contributed by atoms with Gasteiger partial charge in [-0.1, -0.05) is 6.07 Å². The summed E-state index contributed by atoms with van der Waals surface area (Å²) in [6.45, 7) is 1.12. The SMILES string of the molecule is COc1cccc(C(=O)N2CCC(N3C(=O)CNC3=O)CC2)c1. The van der Waals surface area contributed by atoms with E-state index in [1.165, 1.54) is 4.90 Å². The molecule has 2 aliphatic heterocycles. The number of ether oxygens (including phenoxy) is 1. The molecule has 0 bridgehead atoms. The number of hydrogen-bond donors (Lipinski definition) is 1. The van der Waals surface area contributed by atoms with Gasteiger partial charge in [0.15, 0.2) is 0 Å². The van der Waals surface area contributed by atoms with E-state index in [4.69, 9.17) is 4.74 Å². The van der Waals surface area contributed by atoms with Gasteiger partial charge in [0.25, 0.3) is 5.91 Å². The standard InChI is InChI=1S/C16H19N3O4/c1-23-13-4-2-3-11(9-13)15(21)18-7-5-12(6-8-18)19-14(20)10-17-16(19)22/h2-4,9,12H,5-8,10H2,1H3,(H,17,22). The average molecular weight is 317 g/mol. The number of carbonyl (C=O) groups is 3. The molecule has 0 aliphatic carbocycles. The molecule has 1 aromatic carbocycles. The molecular weight excluding hydrogens is 298 g/mol. The number of hydrogen-bond acceptors (Lipinski definition) is 4. The van der Waals surface area contributed by atoms with E-state index in [1.807, 2.05) is 0 Å². The second kappa shape index (κ2) is 6.28. The van der Waals surface area contributed by atoms with Crippen LogP contribution in [0.25, 0.3) is 0 Å². The van der Waals surface area contributed by atoms with E-state index in [1.54, 1.807) is 36.3 Å². The molecule has 4 amide bonds. The Bertz CT molecular complexity index is 622. The first-order valence-electron chi connectivity index (χ1n) is 7.63. The van der Waals surface area contributed by atoms with Crippen LogP contribution in [-0.4, -0.2) is 60.4 Å². The summed E-state index contributed by atoms with van der Waals surface area (Å²) in [4.78, 5) is 39.0. The molecule has 0 unspecified atom stereocenters. The number of imide groups is 1. The number of amides is 4. The maximum absolute atomic E-state index is 12.5. The molecule has 0 aromatic heterocycles. The fourth-order valence-electron chi connectivity index (χ4n) is 3.07. The van der Waals surface area contributed by atoms with E-state index in [9.17, 15) is 14.4 Å². The Balaban J connectivity index is 1.63. The van der Waals surface area contributed by atoms with Crippen LogP contribution in [-0.2, 0) is 4.79 Å². The lowest BCUT2D eigenvalue weighted by Crippen LogP contribution is -2.49. The predicted octanol–water partition coefficient (Wildman–Crippen LogP) is 0.852. The zero-order valence-corrected chi connectivity index (χ0v) is 12.9. The number of benzene rings is 1. The van der Waals surface area contributed by atoms with Crippen molar-refractivity contribution in [3.05, 3.63) is 29.8 Å². The van der Waals surface area contributed by atoms with Crippen molar-refractivity contribution in [1.82, 2.24) is 15.1 Å². The lowest BCUT2D eigenvalue weighted by atomic mass is 10.0. The van der Waals surface area contributed by atoms with Crippen LogP contribution in [0.3, 0.4) is 0 Å². The highest BCUT2D eigenvalue weighted by Crippen LogP contribution is 2.21. The van der Waals surface area contributed by atoms with Crippen molar-refractivity contribution in [2.75, 3.05) is 26.7 Å². The van der Waals surface area contributed by atoms with Gasteiger partial charge in [-0.15, -0.1) is 0 Å². The van der Waals surface area contributed by atoms with E-state index in [2.05, 4.69) is 5.32 Å². The number of nitrogens with one attached hydrogen (secondary N) is 1. The lowest BCUT2D eigenvalue weighted by Gasteiger charge is -2.35. The number of carbonyl (C=O) groups excluding carboxylic acids is 3. The van der Waals surface area contributed by atoms with Crippen molar-refractivity contribution in [3.63, 3.8) is 0 Å². The van der Waals surface area contributed by atoms with Crippen LogP contribution >= 0.6 is 0 Å². The number of nitrogens with zero attached hydrogens (tertiary/aromatic N) is 2. The van der Waals surface area contributed by atoms with Crippen LogP contribution in [0.5, 0.6) is 5.75 Å². The summed E-state index contributed by atoms with van der Waals surface area (Å²) < 4.78 is 5.14. The smallest absolute Gasteiger partial charge is 0.324 e. The van der Waals surface area contributed by atoms with Crippen molar-refractivity contribution < 1.29 is 19.1 Å². The molecule has 2 fully saturated rings. The summed E-state index contributed by atoms with van der Waals surface area (Å²) >= 11 is 0. The third-order valence-electron chi connectivity index (χ3n) is 4.31. The molecule has 0 saturated carbocycles. The molecular formula is C16H19N3O4. The van der Waals surface area contributed by atoms with Crippen molar-refractivity contribution in [2.24, 2.45) is 0 Å². The van der Waals surface area contributed by atoms with Crippen molar-refractivity contribution in [2.45, 2.75) is 18.9 Å². The van der Waals surface area contributed by atoms with Gasteiger partial charge in [-0.25, -0.2) is 4.79 Å². The molecule has 23 heavy (non-hydrogen) atoms. The summed E-state index contributed by atoms with van der Waals surface area (Å²) in [6.07, 6.45) is 1.21. The van der Waals surface area contributed by atoms with E-state index < -0.39 is 0 Å². The Morgan fingerprint density at radius 2 is 2.00 bits per heavy atom. The molecule has 1 aromatic rings. The van der Waals surface area contributed by atoms with Crippen LogP contribution in [0.15, 0.2) is 24.3 Å². The maximum Gasteiger partial charge on any atom is 0.324 e. The van der Waals surface area contributed by atoms with Gasteiger partial charge in [0.05, 0.1) is 13.7 Å². The fourth-order valence-corrected chi connectivity index (χ4v) is 3.07. The number of methoxy groups -OCH3 is 1. The zero-order valence-electron chi connectivity index (χ0n) is 12.9. The normalized spacial score (nSPS) is 19.0. The van der Waals surface area contributed by atoms with Crippen molar-refractivity contribution in [1.29, 1.82) is 0 Å². The molecule has 3 rings (SSSR count). The third-order valence-corrected chi connectivity index (χ3v) is 4.31. The quantitative estimate of drug-likeness (QED) is 0.838. The second-order valence-electron chi connectivity index (χ2n) is 5.68. The fraction of sp³-hybridized carbons (Fsp3) is 0.438. The second-order valence-corrected chi connectivity index (χ2v) is 5.68. The highest BCUT2D eigenvalue weighted by Gasteiger charge is 2.37. The monoisotopic (exact) mass is 317 g/mol. The summed E-state index contributed by atoms with van der Waals surface area (Å²) in [5.74, 6) is 0.400. The highest BCUT2D eigenvalue weighted by molar-refractivity contribution is 6.02. The topological polar surface area (TPSA) is 79.0 Å². The Hall–Kier alpha value is -2.57. The van der Waals surface area contributed by atoms with Gasteiger partial charge < -0.3 is 15.0 Å². The minimum atomic E-state index is -0.326. The molecule has 122 valence electrons. The first-order valence-corrected chi connectivity index (χ1v) is 7.63. The summed E-state index contributed by atoms with van der Waals surface area (Å²) in [5, 5.41) is 2.53. The highest BCUT2D eigenvalue weighted by atomic mass is 16.5. The van der Waals surface area contributed by atoms with Gasteiger partial charge in [0, 0.05) is 24.7 Å². The van der Waals surface area contributed by atoms with Gasteiger partial charge in [0.2, 0.25) is 5.91 Å². The van der Waals surface area contributed by atoms with E-state index in [0.29, 0.717) is 37.2 Å². The molecule has 0 radical (unpaired) electrons. The van der Waals surface area contributed by atoms with Gasteiger partial charge in [-0.2, -0.15) is 0 Å². The van der Waals surface area contributed by atoms with Crippen molar-refractivity contribution in [3.8, 4) is 5.75 Å². The first kappa shape index (κ1) is 15.3. The van der Waals surface area contributed by atoms with E-state index >= 15 is 0 Å². The van der Waals surface area contributed by atoms with Gasteiger partial charge >= 0.3 is 6.03 Å². The lowest BCUT2D eigenvalue weighted by molar-refractivity contribution is -0.127. The average Bonchev–Trinajstić information content (AvgIpc) is 2.93. The van der Waals surface area contributed by atoms with Crippen LogP contribution in [0.4, 0.5) is 4.79 Å². The Morgan fingerprint density at radius 3 is 2.61 bits per heavy atom. The molecule has 2 aliphatic rings. The minimum Gasteiger partial charge on any atom is -0.497 e. The number of piperidine rings is 1. The van der Waals surface area contributed by atoms with Crippen LogP contribution in [0, 0.1) is 0 Å². The Kier molecular flexibility index (Phi) is 4.18. The number of urea groups is 1. The molecule has 2 heterocycles. The molecule has 0 atom stereocenters. The van der Waals surface area contributed by atoms with Crippen molar-refractivity contribution >= 4 is 17.8 Å². The van der Waals surface area contributed by atoms with E-state index in [-0.39, 0.29) is 30.4 Å². The number of rotatable bonds is 3. The molecule has 7 nitrogen and oxygen atoms in total. The third kappa shape index (κ3) is 2.99. The van der Waals surface area contributed by atoms with Crippen LogP contribution in [0.1, 0.15) is 23.2 Å². The number of likely N-dealkylation sites (tertiary alicyclic amines) is 1.